The Hall–Kier alpha value is -3.54. The van der Waals surface area contributed by atoms with Crippen molar-refractivity contribution in [2.45, 2.75) is 0 Å². The Morgan fingerprint density at radius 2 is 1.84 bits per heavy atom. The molecule has 6 heteroatoms. The van der Waals surface area contributed by atoms with E-state index in [0.717, 1.165) is 11.1 Å². The fraction of sp³-hybridized carbons (Fsp3) is 0. The fourth-order valence-corrected chi connectivity index (χ4v) is 2.73. The van der Waals surface area contributed by atoms with E-state index in [0.29, 0.717) is 5.65 Å². The van der Waals surface area contributed by atoms with E-state index >= 15 is 0 Å². The maximum Gasteiger partial charge on any atom is 0.338 e. The molecule has 0 unspecified atom stereocenters. The molecule has 0 aliphatic heterocycles. The van der Waals surface area contributed by atoms with Crippen molar-refractivity contribution in [2.24, 2.45) is 0 Å². The number of aromatic amines is 1. The summed E-state index contributed by atoms with van der Waals surface area (Å²) in [4.78, 5) is 22.4. The van der Waals surface area contributed by atoms with Gasteiger partial charge in [-0.05, 0) is 29.3 Å². The highest BCUT2D eigenvalue weighted by molar-refractivity contribution is 6.00. The SMILES string of the molecule is O=C(O)c1ccnc2[nH]c(-c3ccc(-c4ccccc4)cc3F)nc12. The average molecular weight is 333 g/mol. The van der Waals surface area contributed by atoms with E-state index in [9.17, 15) is 14.3 Å². The lowest BCUT2D eigenvalue weighted by atomic mass is 10.0. The number of carbonyl (C=O) groups is 1. The summed E-state index contributed by atoms with van der Waals surface area (Å²) in [7, 11) is 0. The molecule has 122 valence electrons. The zero-order valence-electron chi connectivity index (χ0n) is 12.9. The van der Waals surface area contributed by atoms with Crippen molar-refractivity contribution in [3.63, 3.8) is 0 Å². The average Bonchev–Trinajstić information content (AvgIpc) is 3.06. The lowest BCUT2D eigenvalue weighted by Crippen LogP contribution is -1.97. The highest BCUT2D eigenvalue weighted by atomic mass is 19.1. The first kappa shape index (κ1) is 15.0. The molecule has 0 saturated carbocycles. The molecule has 0 saturated heterocycles. The molecule has 0 atom stereocenters. The van der Waals surface area contributed by atoms with Gasteiger partial charge in [0.05, 0.1) is 11.1 Å². The molecule has 0 bridgehead atoms. The largest absolute Gasteiger partial charge is 0.478 e. The minimum absolute atomic E-state index is 0.0220. The van der Waals surface area contributed by atoms with Crippen molar-refractivity contribution in [1.29, 1.82) is 0 Å². The van der Waals surface area contributed by atoms with Gasteiger partial charge in [0.15, 0.2) is 5.65 Å². The molecule has 2 aromatic carbocycles. The van der Waals surface area contributed by atoms with Crippen molar-refractivity contribution < 1.29 is 14.3 Å². The van der Waals surface area contributed by atoms with Gasteiger partial charge in [-0.1, -0.05) is 36.4 Å². The van der Waals surface area contributed by atoms with E-state index in [1.165, 1.54) is 18.3 Å². The Morgan fingerprint density at radius 3 is 2.56 bits per heavy atom. The number of halogens is 1. The van der Waals surface area contributed by atoms with Crippen LogP contribution in [0, 0.1) is 5.82 Å². The number of aromatic carboxylic acids is 1. The molecule has 0 aliphatic carbocycles. The second kappa shape index (κ2) is 5.83. The molecule has 0 aliphatic rings. The van der Waals surface area contributed by atoms with Gasteiger partial charge in [-0.25, -0.2) is 19.2 Å². The second-order valence-electron chi connectivity index (χ2n) is 5.51. The Morgan fingerprint density at radius 1 is 1.04 bits per heavy atom. The molecule has 4 aromatic rings. The number of aromatic nitrogens is 3. The quantitative estimate of drug-likeness (QED) is 0.591. The number of benzene rings is 2. The van der Waals surface area contributed by atoms with Gasteiger partial charge in [0, 0.05) is 6.20 Å². The van der Waals surface area contributed by atoms with Crippen LogP contribution in [0.25, 0.3) is 33.7 Å². The van der Waals surface area contributed by atoms with Gasteiger partial charge in [-0.2, -0.15) is 0 Å². The predicted molar refractivity (Wildman–Crippen MR) is 91.7 cm³/mol. The van der Waals surface area contributed by atoms with E-state index in [1.54, 1.807) is 12.1 Å². The number of fused-ring (bicyclic) bond motifs is 1. The summed E-state index contributed by atoms with van der Waals surface area (Å²) in [5.41, 5.74) is 2.45. The Bertz CT molecular complexity index is 1090. The molecule has 2 aromatic heterocycles. The summed E-state index contributed by atoms with van der Waals surface area (Å²) < 4.78 is 14.6. The number of pyridine rings is 1. The van der Waals surface area contributed by atoms with Crippen LogP contribution >= 0.6 is 0 Å². The van der Waals surface area contributed by atoms with Crippen molar-refractivity contribution in [2.75, 3.05) is 0 Å². The van der Waals surface area contributed by atoms with Gasteiger partial charge in [0.2, 0.25) is 0 Å². The first-order valence-electron chi connectivity index (χ1n) is 7.57. The number of hydrogen-bond acceptors (Lipinski definition) is 3. The minimum Gasteiger partial charge on any atom is -0.478 e. The topological polar surface area (TPSA) is 78.9 Å². The predicted octanol–water partition coefficient (Wildman–Crippen LogP) is 4.13. The summed E-state index contributed by atoms with van der Waals surface area (Å²) in [6.07, 6.45) is 1.38. The van der Waals surface area contributed by atoms with Crippen LogP contribution < -0.4 is 0 Å². The van der Waals surface area contributed by atoms with Crippen LogP contribution in [-0.4, -0.2) is 26.0 Å². The molecule has 0 radical (unpaired) electrons. The van der Waals surface area contributed by atoms with E-state index < -0.39 is 11.8 Å². The van der Waals surface area contributed by atoms with Gasteiger partial charge in [0.25, 0.3) is 0 Å². The Kier molecular flexibility index (Phi) is 3.50. The molecule has 0 fully saturated rings. The van der Waals surface area contributed by atoms with Gasteiger partial charge in [0.1, 0.15) is 17.2 Å². The lowest BCUT2D eigenvalue weighted by molar-refractivity contribution is 0.0698. The third-order valence-electron chi connectivity index (χ3n) is 3.95. The number of carboxylic acid groups (broad SMARTS) is 1. The van der Waals surface area contributed by atoms with Crippen LogP contribution in [0.15, 0.2) is 60.8 Å². The van der Waals surface area contributed by atoms with Crippen molar-refractivity contribution >= 4 is 17.1 Å². The molecule has 2 heterocycles. The molecule has 0 amide bonds. The normalized spacial score (nSPS) is 10.9. The monoisotopic (exact) mass is 333 g/mol. The molecule has 5 nitrogen and oxygen atoms in total. The number of carboxylic acids is 1. The van der Waals surface area contributed by atoms with Gasteiger partial charge < -0.3 is 10.1 Å². The zero-order valence-corrected chi connectivity index (χ0v) is 12.9. The molecule has 0 spiro atoms. The summed E-state index contributed by atoms with van der Waals surface area (Å²) in [6, 6.07) is 15.7. The Labute approximate surface area is 141 Å². The third kappa shape index (κ3) is 2.63. The smallest absolute Gasteiger partial charge is 0.338 e. The zero-order chi connectivity index (χ0) is 17.4. The van der Waals surface area contributed by atoms with E-state index in [2.05, 4.69) is 15.0 Å². The maximum atomic E-state index is 14.6. The van der Waals surface area contributed by atoms with Crippen molar-refractivity contribution in [3.8, 4) is 22.5 Å². The van der Waals surface area contributed by atoms with Crippen LogP contribution in [0.1, 0.15) is 10.4 Å². The van der Waals surface area contributed by atoms with Crippen molar-refractivity contribution in [1.82, 2.24) is 15.0 Å². The first-order chi connectivity index (χ1) is 12.1. The molecular weight excluding hydrogens is 321 g/mol. The van der Waals surface area contributed by atoms with E-state index in [-0.39, 0.29) is 22.5 Å². The van der Waals surface area contributed by atoms with E-state index in [4.69, 9.17) is 0 Å². The van der Waals surface area contributed by atoms with Gasteiger partial charge in [-0.15, -0.1) is 0 Å². The summed E-state index contributed by atoms with van der Waals surface area (Å²) in [5.74, 6) is -1.31. The minimum atomic E-state index is -1.11. The highest BCUT2D eigenvalue weighted by Gasteiger charge is 2.16. The van der Waals surface area contributed by atoms with Crippen LogP contribution in [0.2, 0.25) is 0 Å². The standard InChI is InChI=1S/C19H12FN3O2/c20-15-10-12(11-4-2-1-3-5-11)6-7-13(15)17-22-16-14(19(24)25)8-9-21-18(16)23-17/h1-10H,(H,24,25)(H,21,22,23). The number of rotatable bonds is 3. The first-order valence-corrected chi connectivity index (χ1v) is 7.57. The summed E-state index contributed by atoms with van der Waals surface area (Å²) in [6.45, 7) is 0. The molecule has 25 heavy (non-hydrogen) atoms. The van der Waals surface area contributed by atoms with Crippen LogP contribution in [0.3, 0.4) is 0 Å². The number of nitrogens with zero attached hydrogens (tertiary/aromatic N) is 2. The molecular formula is C19H12FN3O2. The third-order valence-corrected chi connectivity index (χ3v) is 3.95. The van der Waals surface area contributed by atoms with Gasteiger partial charge in [-0.3, -0.25) is 0 Å². The molecule has 4 rings (SSSR count). The number of H-pyrrole nitrogens is 1. The number of imidazole rings is 1. The van der Waals surface area contributed by atoms with Crippen LogP contribution in [0.5, 0.6) is 0 Å². The van der Waals surface area contributed by atoms with Crippen LogP contribution in [0.4, 0.5) is 4.39 Å². The van der Waals surface area contributed by atoms with Crippen molar-refractivity contribution in [3.05, 3.63) is 72.2 Å². The van der Waals surface area contributed by atoms with Crippen LogP contribution in [-0.2, 0) is 0 Å². The lowest BCUT2D eigenvalue weighted by Gasteiger charge is -2.04. The second-order valence-corrected chi connectivity index (χ2v) is 5.51. The fourth-order valence-electron chi connectivity index (χ4n) is 2.73. The maximum absolute atomic E-state index is 14.6. The van der Waals surface area contributed by atoms with E-state index in [1.807, 2.05) is 30.3 Å². The van der Waals surface area contributed by atoms with Gasteiger partial charge >= 0.3 is 5.97 Å². The molecule has 2 N–H and O–H groups in total. The summed E-state index contributed by atoms with van der Waals surface area (Å²) >= 11 is 0. The Balaban J connectivity index is 1.81. The number of nitrogens with one attached hydrogen (secondary N) is 1. The number of hydrogen-bond donors (Lipinski definition) is 2. The summed E-state index contributed by atoms with van der Waals surface area (Å²) in [5, 5.41) is 9.22. The highest BCUT2D eigenvalue weighted by Crippen LogP contribution is 2.28.